The quantitative estimate of drug-likeness (QED) is 0.798. The average molecular weight is 238 g/mol. The molecule has 17 heavy (non-hydrogen) atoms. The molecule has 0 spiro atoms. The maximum atomic E-state index is 11.5. The standard InChI is InChI=1S/C13H18O4/c1-4-16-13(15)12(14)10-7-5-6-8-11(10)17-9(2)3/h5-9,12,14H,4H2,1-3H3. The van der Waals surface area contributed by atoms with Crippen molar-refractivity contribution in [3.63, 3.8) is 0 Å². The fraction of sp³-hybridized carbons (Fsp3) is 0.462. The summed E-state index contributed by atoms with van der Waals surface area (Å²) in [5.41, 5.74) is 0.430. The summed E-state index contributed by atoms with van der Waals surface area (Å²) in [6, 6.07) is 6.90. The van der Waals surface area contributed by atoms with Crippen LogP contribution in [0.25, 0.3) is 0 Å². The Bertz CT molecular complexity index is 373. The van der Waals surface area contributed by atoms with Crippen LogP contribution in [0.3, 0.4) is 0 Å². The molecule has 0 saturated carbocycles. The summed E-state index contributed by atoms with van der Waals surface area (Å²) in [6.07, 6.45) is -1.32. The van der Waals surface area contributed by atoms with E-state index in [-0.39, 0.29) is 12.7 Å². The molecule has 0 bridgehead atoms. The minimum Gasteiger partial charge on any atom is -0.491 e. The van der Waals surface area contributed by atoms with Crippen LogP contribution in [0.1, 0.15) is 32.4 Å². The maximum Gasteiger partial charge on any atom is 0.339 e. The zero-order chi connectivity index (χ0) is 12.8. The Balaban J connectivity index is 2.92. The molecule has 1 aromatic rings. The van der Waals surface area contributed by atoms with Gasteiger partial charge in [0.2, 0.25) is 0 Å². The van der Waals surface area contributed by atoms with Gasteiger partial charge in [-0.25, -0.2) is 4.79 Å². The van der Waals surface area contributed by atoms with Gasteiger partial charge in [-0.05, 0) is 26.8 Å². The number of hydrogen-bond acceptors (Lipinski definition) is 4. The summed E-state index contributed by atoms with van der Waals surface area (Å²) in [7, 11) is 0. The number of para-hydroxylation sites is 1. The summed E-state index contributed by atoms with van der Waals surface area (Å²) in [6.45, 7) is 5.70. The van der Waals surface area contributed by atoms with Crippen LogP contribution in [0.2, 0.25) is 0 Å². The van der Waals surface area contributed by atoms with Gasteiger partial charge in [-0.1, -0.05) is 18.2 Å². The number of esters is 1. The second-order valence-corrected chi connectivity index (χ2v) is 3.86. The molecule has 0 aliphatic rings. The van der Waals surface area contributed by atoms with Gasteiger partial charge in [-0.3, -0.25) is 0 Å². The van der Waals surface area contributed by atoms with Crippen molar-refractivity contribution >= 4 is 5.97 Å². The van der Waals surface area contributed by atoms with E-state index in [1.807, 2.05) is 13.8 Å². The number of benzene rings is 1. The molecule has 4 heteroatoms. The minimum absolute atomic E-state index is 0.0226. The van der Waals surface area contributed by atoms with Crippen molar-refractivity contribution in [2.75, 3.05) is 6.61 Å². The predicted molar refractivity (Wildman–Crippen MR) is 63.8 cm³/mol. The second kappa shape index (κ2) is 6.25. The highest BCUT2D eigenvalue weighted by Crippen LogP contribution is 2.26. The van der Waals surface area contributed by atoms with Crippen molar-refractivity contribution in [2.45, 2.75) is 33.0 Å². The van der Waals surface area contributed by atoms with Gasteiger partial charge in [0, 0.05) is 5.56 Å². The normalized spacial score (nSPS) is 12.3. The average Bonchev–Trinajstić information content (AvgIpc) is 2.28. The Morgan fingerprint density at radius 3 is 2.59 bits per heavy atom. The first-order valence-corrected chi connectivity index (χ1v) is 5.66. The van der Waals surface area contributed by atoms with E-state index in [1.165, 1.54) is 0 Å². The number of carbonyl (C=O) groups excluding carboxylic acids is 1. The molecule has 4 nitrogen and oxygen atoms in total. The monoisotopic (exact) mass is 238 g/mol. The molecule has 0 aliphatic carbocycles. The Kier molecular flexibility index (Phi) is 4.97. The number of hydrogen-bond donors (Lipinski definition) is 1. The molecule has 1 aromatic carbocycles. The molecule has 0 heterocycles. The summed E-state index contributed by atoms with van der Waals surface area (Å²) in [5.74, 6) is -0.157. The van der Waals surface area contributed by atoms with E-state index in [1.54, 1.807) is 31.2 Å². The highest BCUT2D eigenvalue weighted by molar-refractivity contribution is 5.77. The molecule has 0 aliphatic heterocycles. The Labute approximate surface area is 101 Å². The van der Waals surface area contributed by atoms with E-state index >= 15 is 0 Å². The number of ether oxygens (including phenoxy) is 2. The highest BCUT2D eigenvalue weighted by atomic mass is 16.5. The fourth-order valence-corrected chi connectivity index (χ4v) is 1.42. The first kappa shape index (κ1) is 13.5. The lowest BCUT2D eigenvalue weighted by molar-refractivity contribution is -0.153. The van der Waals surface area contributed by atoms with Gasteiger partial charge in [0.15, 0.2) is 6.10 Å². The zero-order valence-corrected chi connectivity index (χ0v) is 10.3. The lowest BCUT2D eigenvalue weighted by atomic mass is 10.1. The molecular formula is C13H18O4. The summed E-state index contributed by atoms with van der Waals surface area (Å²) in [4.78, 5) is 11.5. The topological polar surface area (TPSA) is 55.8 Å². The maximum absolute atomic E-state index is 11.5. The Hall–Kier alpha value is -1.55. The van der Waals surface area contributed by atoms with E-state index in [2.05, 4.69) is 0 Å². The van der Waals surface area contributed by atoms with Crippen LogP contribution in [-0.2, 0) is 9.53 Å². The number of rotatable bonds is 5. The van der Waals surface area contributed by atoms with Crippen molar-refractivity contribution in [2.24, 2.45) is 0 Å². The smallest absolute Gasteiger partial charge is 0.339 e. The summed E-state index contributed by atoms with van der Waals surface area (Å²) < 4.78 is 10.3. The van der Waals surface area contributed by atoms with Gasteiger partial charge < -0.3 is 14.6 Å². The van der Waals surface area contributed by atoms with Crippen molar-refractivity contribution in [3.05, 3.63) is 29.8 Å². The molecule has 94 valence electrons. The molecule has 0 amide bonds. The van der Waals surface area contributed by atoms with Crippen LogP contribution in [0.4, 0.5) is 0 Å². The molecule has 1 rings (SSSR count). The second-order valence-electron chi connectivity index (χ2n) is 3.86. The highest BCUT2D eigenvalue weighted by Gasteiger charge is 2.22. The van der Waals surface area contributed by atoms with Crippen molar-refractivity contribution in [3.8, 4) is 5.75 Å². The third-order valence-electron chi connectivity index (χ3n) is 2.09. The van der Waals surface area contributed by atoms with E-state index in [4.69, 9.17) is 9.47 Å². The third-order valence-corrected chi connectivity index (χ3v) is 2.09. The molecule has 1 N–H and O–H groups in total. The molecule has 1 atom stereocenters. The van der Waals surface area contributed by atoms with Gasteiger partial charge in [-0.2, -0.15) is 0 Å². The van der Waals surface area contributed by atoms with Crippen LogP contribution < -0.4 is 4.74 Å². The van der Waals surface area contributed by atoms with Crippen molar-refractivity contribution < 1.29 is 19.4 Å². The van der Waals surface area contributed by atoms with Gasteiger partial charge in [0.05, 0.1) is 12.7 Å². The van der Waals surface area contributed by atoms with Crippen LogP contribution in [0.5, 0.6) is 5.75 Å². The van der Waals surface area contributed by atoms with Crippen LogP contribution in [0.15, 0.2) is 24.3 Å². The van der Waals surface area contributed by atoms with E-state index in [0.717, 1.165) is 0 Å². The van der Waals surface area contributed by atoms with Crippen LogP contribution in [-0.4, -0.2) is 23.8 Å². The molecule has 0 radical (unpaired) electrons. The number of aliphatic hydroxyl groups is 1. The molecular weight excluding hydrogens is 220 g/mol. The van der Waals surface area contributed by atoms with Gasteiger partial charge in [0.1, 0.15) is 5.75 Å². The van der Waals surface area contributed by atoms with Gasteiger partial charge >= 0.3 is 5.97 Å². The molecule has 1 unspecified atom stereocenters. The Morgan fingerprint density at radius 1 is 1.35 bits per heavy atom. The predicted octanol–water partition coefficient (Wildman–Crippen LogP) is 2.07. The fourth-order valence-electron chi connectivity index (χ4n) is 1.42. The van der Waals surface area contributed by atoms with E-state index in [9.17, 15) is 9.90 Å². The van der Waals surface area contributed by atoms with Crippen molar-refractivity contribution in [1.29, 1.82) is 0 Å². The van der Waals surface area contributed by atoms with Crippen LogP contribution >= 0.6 is 0 Å². The van der Waals surface area contributed by atoms with Crippen LogP contribution in [0, 0.1) is 0 Å². The first-order valence-electron chi connectivity index (χ1n) is 5.66. The minimum atomic E-state index is -1.30. The summed E-state index contributed by atoms with van der Waals surface area (Å²) >= 11 is 0. The van der Waals surface area contributed by atoms with Gasteiger partial charge in [0.25, 0.3) is 0 Å². The lowest BCUT2D eigenvalue weighted by Crippen LogP contribution is -2.17. The van der Waals surface area contributed by atoms with E-state index in [0.29, 0.717) is 11.3 Å². The number of carbonyl (C=O) groups is 1. The lowest BCUT2D eigenvalue weighted by Gasteiger charge is -2.16. The van der Waals surface area contributed by atoms with E-state index < -0.39 is 12.1 Å². The summed E-state index contributed by atoms with van der Waals surface area (Å²) in [5, 5.41) is 9.86. The largest absolute Gasteiger partial charge is 0.491 e. The molecule has 0 aromatic heterocycles. The Morgan fingerprint density at radius 2 is 2.00 bits per heavy atom. The number of aliphatic hydroxyl groups excluding tert-OH is 1. The third kappa shape index (κ3) is 3.75. The first-order chi connectivity index (χ1) is 8.06. The molecule has 0 fully saturated rings. The van der Waals surface area contributed by atoms with Crippen molar-refractivity contribution in [1.82, 2.24) is 0 Å². The SMILES string of the molecule is CCOC(=O)C(O)c1ccccc1OC(C)C. The zero-order valence-electron chi connectivity index (χ0n) is 10.3. The van der Waals surface area contributed by atoms with Gasteiger partial charge in [-0.15, -0.1) is 0 Å². The molecule has 0 saturated heterocycles.